The molecule has 0 radical (unpaired) electrons. The number of carbonyl (C=O) groups excluding carboxylic acids is 4. The lowest BCUT2D eigenvalue weighted by atomic mass is 9.89. The van der Waals surface area contributed by atoms with Gasteiger partial charge in [0.1, 0.15) is 6.04 Å². The third-order valence-electron chi connectivity index (χ3n) is 3.99. The summed E-state index contributed by atoms with van der Waals surface area (Å²) in [6, 6.07) is 1.77. The number of anilines is 1. The van der Waals surface area contributed by atoms with Crippen LogP contribution in [0.4, 0.5) is 18.9 Å². The zero-order valence-electron chi connectivity index (χ0n) is 11.9. The minimum Gasteiger partial charge on any atom is -0.398 e. The number of carbonyl (C=O) groups is 4. The summed E-state index contributed by atoms with van der Waals surface area (Å²) in [5.74, 6) is -7.07. The van der Waals surface area contributed by atoms with E-state index in [1.54, 1.807) is 5.32 Å². The van der Waals surface area contributed by atoms with Crippen molar-refractivity contribution < 1.29 is 32.3 Å². The van der Waals surface area contributed by atoms with Crippen molar-refractivity contribution in [1.29, 1.82) is 0 Å². The van der Waals surface area contributed by atoms with E-state index in [9.17, 15) is 32.3 Å². The van der Waals surface area contributed by atoms with Crippen LogP contribution in [0.5, 0.6) is 0 Å². The van der Waals surface area contributed by atoms with E-state index in [4.69, 9.17) is 5.73 Å². The number of nitrogens with one attached hydrogen (secondary N) is 1. The number of benzene rings is 1. The van der Waals surface area contributed by atoms with Crippen molar-refractivity contribution in [3.05, 3.63) is 29.3 Å². The number of fused-ring (bicyclic) bond motifs is 1. The van der Waals surface area contributed by atoms with Crippen molar-refractivity contribution in [2.75, 3.05) is 5.73 Å². The summed E-state index contributed by atoms with van der Waals surface area (Å²) in [6.45, 7) is 0. The van der Waals surface area contributed by atoms with Gasteiger partial charge >= 0.3 is 6.18 Å². The molecule has 2 atom stereocenters. The van der Waals surface area contributed by atoms with Gasteiger partial charge in [-0.1, -0.05) is 6.07 Å². The van der Waals surface area contributed by atoms with Crippen LogP contribution in [0.3, 0.4) is 0 Å². The third-order valence-corrected chi connectivity index (χ3v) is 3.99. The maximum Gasteiger partial charge on any atom is 0.394 e. The lowest BCUT2D eigenvalue weighted by molar-refractivity contribution is -0.197. The first-order chi connectivity index (χ1) is 11.1. The number of piperidine rings is 1. The van der Waals surface area contributed by atoms with Crippen molar-refractivity contribution in [1.82, 2.24) is 10.2 Å². The summed E-state index contributed by atoms with van der Waals surface area (Å²) in [6.07, 6.45) is -6.00. The number of hydrogen-bond acceptors (Lipinski definition) is 5. The molecule has 24 heavy (non-hydrogen) atoms. The molecule has 0 aromatic heterocycles. The zero-order valence-corrected chi connectivity index (χ0v) is 11.9. The first-order valence-electron chi connectivity index (χ1n) is 6.79. The van der Waals surface area contributed by atoms with Crippen molar-refractivity contribution in [3.63, 3.8) is 0 Å². The van der Waals surface area contributed by atoms with E-state index in [0.29, 0.717) is 0 Å². The van der Waals surface area contributed by atoms with Crippen LogP contribution in [0, 0.1) is 5.92 Å². The smallest absolute Gasteiger partial charge is 0.394 e. The maximum atomic E-state index is 13.2. The van der Waals surface area contributed by atoms with E-state index in [0.717, 1.165) is 0 Å². The SMILES string of the molecule is Nc1cccc2c1C(=O)N([C@H]1C(=O)NC(=O)C[C@@H]1C(F)(F)F)C2=O. The average Bonchev–Trinajstić information content (AvgIpc) is 2.71. The van der Waals surface area contributed by atoms with Crippen molar-refractivity contribution in [2.24, 2.45) is 5.92 Å². The van der Waals surface area contributed by atoms with E-state index in [2.05, 4.69) is 0 Å². The van der Waals surface area contributed by atoms with Gasteiger partial charge in [-0.2, -0.15) is 13.2 Å². The van der Waals surface area contributed by atoms with Crippen LogP contribution in [0.1, 0.15) is 27.1 Å². The normalized spacial score (nSPS) is 24.2. The molecule has 0 unspecified atom stereocenters. The van der Waals surface area contributed by atoms with Gasteiger partial charge in [0.15, 0.2) is 0 Å². The second-order valence-electron chi connectivity index (χ2n) is 5.46. The molecule has 3 rings (SSSR count). The van der Waals surface area contributed by atoms with E-state index >= 15 is 0 Å². The number of hydrogen-bond donors (Lipinski definition) is 2. The van der Waals surface area contributed by atoms with Gasteiger partial charge in [0.2, 0.25) is 5.91 Å². The number of halogens is 3. The minimum atomic E-state index is -4.95. The second kappa shape index (κ2) is 5.05. The molecule has 3 N–H and O–H groups in total. The number of alkyl halides is 3. The molecule has 0 bridgehead atoms. The summed E-state index contributed by atoms with van der Waals surface area (Å²) < 4.78 is 39.7. The number of nitrogen functional groups attached to an aromatic ring is 1. The second-order valence-corrected chi connectivity index (χ2v) is 5.46. The maximum absolute atomic E-state index is 13.2. The highest BCUT2D eigenvalue weighted by molar-refractivity contribution is 6.25. The Kier molecular flexibility index (Phi) is 3.36. The topological polar surface area (TPSA) is 110 Å². The fraction of sp³-hybridized carbons (Fsp3) is 0.286. The van der Waals surface area contributed by atoms with Crippen molar-refractivity contribution in [3.8, 4) is 0 Å². The average molecular weight is 341 g/mol. The van der Waals surface area contributed by atoms with Crippen molar-refractivity contribution >= 4 is 29.3 Å². The van der Waals surface area contributed by atoms with Crippen molar-refractivity contribution in [2.45, 2.75) is 18.6 Å². The molecule has 2 heterocycles. The van der Waals surface area contributed by atoms with Crippen LogP contribution in [0.25, 0.3) is 0 Å². The number of rotatable bonds is 1. The third kappa shape index (κ3) is 2.22. The van der Waals surface area contributed by atoms with Crippen LogP contribution < -0.4 is 11.1 Å². The Morgan fingerprint density at radius 3 is 2.38 bits per heavy atom. The molecule has 126 valence electrons. The van der Waals surface area contributed by atoms with Gasteiger partial charge in [0, 0.05) is 12.1 Å². The monoisotopic (exact) mass is 341 g/mol. The Balaban J connectivity index is 2.09. The largest absolute Gasteiger partial charge is 0.398 e. The molecule has 2 aliphatic heterocycles. The molecule has 7 nitrogen and oxygen atoms in total. The molecule has 1 fully saturated rings. The Morgan fingerprint density at radius 1 is 1.12 bits per heavy atom. The molecule has 0 aliphatic carbocycles. The Hall–Kier alpha value is -2.91. The van der Waals surface area contributed by atoms with Gasteiger partial charge in [-0.25, -0.2) is 0 Å². The van der Waals surface area contributed by atoms with E-state index in [1.165, 1.54) is 18.2 Å². The standard InChI is InChI=1S/C14H10F3N3O4/c15-14(16,17)6-4-8(21)19-11(22)10(6)20-12(23)5-2-1-3-7(18)9(5)13(20)24/h1-3,6,10H,4,18H2,(H,19,21,22)/t6-,10+/m0/s1. The number of amides is 4. The molecule has 1 saturated heterocycles. The van der Waals surface area contributed by atoms with E-state index in [-0.39, 0.29) is 21.7 Å². The lowest BCUT2D eigenvalue weighted by Gasteiger charge is -2.35. The Labute approximate surface area is 132 Å². The van der Waals surface area contributed by atoms with E-state index in [1.807, 2.05) is 0 Å². The summed E-state index contributed by atoms with van der Waals surface area (Å²) in [5.41, 5.74) is 5.12. The Morgan fingerprint density at radius 2 is 1.79 bits per heavy atom. The predicted octanol–water partition coefficient (Wildman–Crippen LogP) is 0.458. The molecule has 10 heteroatoms. The fourth-order valence-electron chi connectivity index (χ4n) is 2.93. The first kappa shape index (κ1) is 16.0. The summed E-state index contributed by atoms with van der Waals surface area (Å²) in [4.78, 5) is 48.3. The lowest BCUT2D eigenvalue weighted by Crippen LogP contribution is -2.61. The highest BCUT2D eigenvalue weighted by Crippen LogP contribution is 2.39. The van der Waals surface area contributed by atoms with Crippen LogP contribution in [-0.2, 0) is 9.59 Å². The molecule has 1 aromatic rings. The molecular formula is C14H10F3N3O4. The summed E-state index contributed by atoms with van der Waals surface area (Å²) in [5, 5.41) is 1.74. The minimum absolute atomic E-state index is 0.0794. The van der Waals surface area contributed by atoms with Gasteiger partial charge in [0.05, 0.1) is 17.0 Å². The van der Waals surface area contributed by atoms with Crippen LogP contribution in [0.15, 0.2) is 18.2 Å². The number of nitrogens with two attached hydrogens (primary N) is 1. The van der Waals surface area contributed by atoms with Gasteiger partial charge in [-0.15, -0.1) is 0 Å². The quantitative estimate of drug-likeness (QED) is 0.570. The molecule has 0 saturated carbocycles. The fourth-order valence-corrected chi connectivity index (χ4v) is 2.93. The highest BCUT2D eigenvalue weighted by atomic mass is 19.4. The summed E-state index contributed by atoms with van der Waals surface area (Å²) >= 11 is 0. The van der Waals surface area contributed by atoms with Crippen LogP contribution in [0.2, 0.25) is 0 Å². The van der Waals surface area contributed by atoms with E-state index < -0.39 is 48.2 Å². The summed E-state index contributed by atoms with van der Waals surface area (Å²) in [7, 11) is 0. The zero-order chi connectivity index (χ0) is 17.8. The van der Waals surface area contributed by atoms with Gasteiger partial charge in [-0.05, 0) is 12.1 Å². The van der Waals surface area contributed by atoms with Gasteiger partial charge < -0.3 is 5.73 Å². The molecule has 2 aliphatic rings. The number of imide groups is 2. The van der Waals surface area contributed by atoms with Crippen LogP contribution in [-0.4, -0.2) is 40.7 Å². The molecular weight excluding hydrogens is 331 g/mol. The van der Waals surface area contributed by atoms with Crippen LogP contribution >= 0.6 is 0 Å². The molecule has 1 aromatic carbocycles. The predicted molar refractivity (Wildman–Crippen MR) is 72.5 cm³/mol. The molecule has 0 spiro atoms. The highest BCUT2D eigenvalue weighted by Gasteiger charge is 2.57. The first-order valence-corrected chi connectivity index (χ1v) is 6.79. The molecule has 4 amide bonds. The van der Waals surface area contributed by atoms with Gasteiger partial charge in [-0.3, -0.25) is 29.4 Å². The number of nitrogens with zero attached hydrogens (tertiary/aromatic N) is 1. The van der Waals surface area contributed by atoms with Gasteiger partial charge in [0.25, 0.3) is 17.7 Å². The Bertz CT molecular complexity index is 790.